The zero-order valence-corrected chi connectivity index (χ0v) is 14.1. The number of fused-ring (bicyclic) bond motifs is 1. The van der Waals surface area contributed by atoms with Crippen molar-refractivity contribution >= 4 is 5.78 Å². The fourth-order valence-electron chi connectivity index (χ4n) is 3.03. The van der Waals surface area contributed by atoms with Gasteiger partial charge in [-0.2, -0.15) is 0 Å². The van der Waals surface area contributed by atoms with Gasteiger partial charge in [-0.15, -0.1) is 0 Å². The minimum atomic E-state index is -0.572. The third kappa shape index (κ3) is 3.31. The lowest BCUT2D eigenvalue weighted by Crippen LogP contribution is -2.31. The Bertz CT molecular complexity index is 832. The third-order valence-corrected chi connectivity index (χ3v) is 4.27. The Morgan fingerprint density at radius 2 is 1.76 bits per heavy atom. The first-order valence-corrected chi connectivity index (χ1v) is 8.06. The highest BCUT2D eigenvalue weighted by molar-refractivity contribution is 6.04. The number of hydrogen-bond donors (Lipinski definition) is 3. The lowest BCUT2D eigenvalue weighted by atomic mass is 9.83. The number of phenolic OH excluding ortho intramolecular Hbond substituents is 3. The van der Waals surface area contributed by atoms with Crippen LogP contribution in [0.15, 0.2) is 48.0 Å². The largest absolute Gasteiger partial charge is 0.508 e. The average Bonchev–Trinajstić information content (AvgIpc) is 2.53. The number of carbonyl (C=O) groups is 1. The molecule has 0 fully saturated rings. The predicted molar refractivity (Wildman–Crippen MR) is 93.1 cm³/mol. The number of carbonyl (C=O) groups excluding carboxylic acids is 1. The molecule has 2 atom stereocenters. The number of rotatable bonds is 3. The fourth-order valence-corrected chi connectivity index (χ4v) is 3.03. The van der Waals surface area contributed by atoms with E-state index < -0.39 is 12.0 Å². The van der Waals surface area contributed by atoms with E-state index in [4.69, 9.17) is 4.74 Å². The smallest absolute Gasteiger partial charge is 0.177 e. The maximum absolute atomic E-state index is 13.0. The maximum Gasteiger partial charge on any atom is 0.177 e. The van der Waals surface area contributed by atoms with E-state index >= 15 is 0 Å². The minimum absolute atomic E-state index is 0.0972. The molecule has 0 saturated heterocycles. The maximum atomic E-state index is 13.0. The molecule has 0 spiro atoms. The Hall–Kier alpha value is -2.95. The number of phenols is 3. The van der Waals surface area contributed by atoms with Crippen LogP contribution in [0, 0.1) is 5.92 Å². The van der Waals surface area contributed by atoms with E-state index in [0.29, 0.717) is 6.42 Å². The lowest BCUT2D eigenvalue weighted by molar-refractivity contribution is 0.0654. The van der Waals surface area contributed by atoms with Gasteiger partial charge in [0.15, 0.2) is 5.78 Å². The molecule has 5 heteroatoms. The van der Waals surface area contributed by atoms with E-state index in [0.717, 1.165) is 17.2 Å². The van der Waals surface area contributed by atoms with E-state index in [-0.39, 0.29) is 34.3 Å². The van der Waals surface area contributed by atoms with Crippen molar-refractivity contribution in [3.05, 3.63) is 59.2 Å². The Labute approximate surface area is 145 Å². The second-order valence-electron chi connectivity index (χ2n) is 6.46. The summed E-state index contributed by atoms with van der Waals surface area (Å²) < 4.78 is 5.98. The molecule has 0 aromatic heterocycles. The first-order chi connectivity index (χ1) is 11.9. The monoisotopic (exact) mass is 340 g/mol. The lowest BCUT2D eigenvalue weighted by Gasteiger charge is -2.33. The first-order valence-electron chi connectivity index (χ1n) is 8.06. The van der Waals surface area contributed by atoms with Crippen molar-refractivity contribution in [3.63, 3.8) is 0 Å². The van der Waals surface area contributed by atoms with Gasteiger partial charge in [-0.1, -0.05) is 23.8 Å². The third-order valence-electron chi connectivity index (χ3n) is 4.27. The Morgan fingerprint density at radius 1 is 1.08 bits per heavy atom. The second-order valence-corrected chi connectivity index (χ2v) is 6.46. The standard InChI is InChI=1S/C20H20O5/c1-11(2)3-8-15-19(24)18-16(23)9-14(22)10-17(18)25-20(15)12-4-6-13(21)7-5-12/h3-7,9-10,15,20-23H,8H2,1-2H3/t15-,20-/m0/s1. The molecule has 3 N–H and O–H groups in total. The SMILES string of the molecule is CC(C)=CC[C@H]1C(=O)c2c(O)cc(O)cc2O[C@H]1c1ccc(O)cc1. The predicted octanol–water partition coefficient (Wildman–Crippen LogP) is 4.09. The van der Waals surface area contributed by atoms with Crippen LogP contribution in [0.5, 0.6) is 23.0 Å². The summed E-state index contributed by atoms with van der Waals surface area (Å²) in [7, 11) is 0. The highest BCUT2D eigenvalue weighted by Gasteiger charge is 2.39. The number of allylic oxidation sites excluding steroid dienone is 2. The van der Waals surface area contributed by atoms with Gasteiger partial charge in [-0.3, -0.25) is 4.79 Å². The molecule has 0 aliphatic carbocycles. The fraction of sp³-hybridized carbons (Fsp3) is 0.250. The summed E-state index contributed by atoms with van der Waals surface area (Å²) in [5.41, 5.74) is 1.92. The molecule has 1 heterocycles. The highest BCUT2D eigenvalue weighted by atomic mass is 16.5. The van der Waals surface area contributed by atoms with Crippen LogP contribution in [0.2, 0.25) is 0 Å². The molecule has 2 aromatic rings. The van der Waals surface area contributed by atoms with Gasteiger partial charge in [-0.25, -0.2) is 0 Å². The molecule has 0 bridgehead atoms. The Kier molecular flexibility index (Phi) is 4.40. The van der Waals surface area contributed by atoms with Crippen LogP contribution in [-0.2, 0) is 0 Å². The van der Waals surface area contributed by atoms with Gasteiger partial charge in [0.2, 0.25) is 0 Å². The van der Waals surface area contributed by atoms with E-state index in [2.05, 4.69) is 0 Å². The molecular weight excluding hydrogens is 320 g/mol. The molecule has 130 valence electrons. The molecule has 0 amide bonds. The van der Waals surface area contributed by atoms with Gasteiger partial charge in [0.25, 0.3) is 0 Å². The first kappa shape index (κ1) is 16.9. The Balaban J connectivity index is 2.09. The van der Waals surface area contributed by atoms with Gasteiger partial charge < -0.3 is 20.1 Å². The van der Waals surface area contributed by atoms with E-state index in [1.165, 1.54) is 18.2 Å². The molecule has 25 heavy (non-hydrogen) atoms. The van der Waals surface area contributed by atoms with Crippen LogP contribution >= 0.6 is 0 Å². The molecule has 2 aromatic carbocycles. The second kappa shape index (κ2) is 6.51. The van der Waals surface area contributed by atoms with Crippen LogP contribution in [0.1, 0.15) is 42.3 Å². The van der Waals surface area contributed by atoms with Crippen molar-refractivity contribution in [1.82, 2.24) is 0 Å². The topological polar surface area (TPSA) is 87.0 Å². The number of ether oxygens (including phenoxy) is 1. The van der Waals surface area contributed by atoms with Gasteiger partial charge in [0.05, 0.1) is 5.92 Å². The molecule has 0 unspecified atom stereocenters. The molecule has 0 radical (unpaired) electrons. The summed E-state index contributed by atoms with van der Waals surface area (Å²) in [5.74, 6) is -0.907. The quantitative estimate of drug-likeness (QED) is 0.733. The van der Waals surface area contributed by atoms with Crippen molar-refractivity contribution in [2.24, 2.45) is 5.92 Å². The van der Waals surface area contributed by atoms with Gasteiger partial charge in [0, 0.05) is 12.1 Å². The molecule has 1 aliphatic heterocycles. The summed E-state index contributed by atoms with van der Waals surface area (Å²) in [6.45, 7) is 3.90. The summed E-state index contributed by atoms with van der Waals surface area (Å²) in [4.78, 5) is 13.0. The molecule has 0 saturated carbocycles. The van der Waals surface area contributed by atoms with E-state index in [1.807, 2.05) is 19.9 Å². The van der Waals surface area contributed by atoms with Crippen LogP contribution in [0.25, 0.3) is 0 Å². The molecule has 1 aliphatic rings. The number of ketones is 1. The zero-order chi connectivity index (χ0) is 18.1. The van der Waals surface area contributed by atoms with Gasteiger partial charge in [-0.05, 0) is 38.0 Å². The number of benzene rings is 2. The Morgan fingerprint density at radius 3 is 2.40 bits per heavy atom. The van der Waals surface area contributed by atoms with Crippen molar-refractivity contribution in [2.45, 2.75) is 26.4 Å². The van der Waals surface area contributed by atoms with Gasteiger partial charge >= 0.3 is 0 Å². The summed E-state index contributed by atoms with van der Waals surface area (Å²) in [6.07, 6.45) is 1.85. The van der Waals surface area contributed by atoms with Crippen molar-refractivity contribution in [1.29, 1.82) is 0 Å². The number of aromatic hydroxyl groups is 3. The summed E-state index contributed by atoms with van der Waals surface area (Å²) >= 11 is 0. The normalized spacial score (nSPS) is 19.0. The van der Waals surface area contributed by atoms with Crippen molar-refractivity contribution < 1.29 is 24.9 Å². The van der Waals surface area contributed by atoms with Crippen molar-refractivity contribution in [2.75, 3.05) is 0 Å². The highest BCUT2D eigenvalue weighted by Crippen LogP contribution is 2.45. The number of Topliss-reactive ketones (excluding diaryl/α,β-unsaturated/α-hetero) is 1. The zero-order valence-electron chi connectivity index (χ0n) is 14.1. The average molecular weight is 340 g/mol. The summed E-state index contributed by atoms with van der Waals surface area (Å²) in [5, 5.41) is 29.3. The molecule has 3 rings (SSSR count). The van der Waals surface area contributed by atoms with Crippen LogP contribution < -0.4 is 4.74 Å². The van der Waals surface area contributed by atoms with Gasteiger partial charge in [0.1, 0.15) is 34.7 Å². The summed E-state index contributed by atoms with van der Waals surface area (Å²) in [6, 6.07) is 8.95. The minimum Gasteiger partial charge on any atom is -0.508 e. The van der Waals surface area contributed by atoms with Crippen LogP contribution in [0.4, 0.5) is 0 Å². The van der Waals surface area contributed by atoms with E-state index in [9.17, 15) is 20.1 Å². The number of hydrogen-bond acceptors (Lipinski definition) is 5. The molecule has 5 nitrogen and oxygen atoms in total. The van der Waals surface area contributed by atoms with Crippen LogP contribution in [-0.4, -0.2) is 21.1 Å². The van der Waals surface area contributed by atoms with E-state index in [1.54, 1.807) is 12.1 Å². The molecular formula is C20H20O5. The van der Waals surface area contributed by atoms with Crippen molar-refractivity contribution in [3.8, 4) is 23.0 Å². The van der Waals surface area contributed by atoms with Crippen LogP contribution in [0.3, 0.4) is 0 Å².